The number of aromatic nitrogens is 1. The number of amides is 1. The van der Waals surface area contributed by atoms with Crippen molar-refractivity contribution in [3.8, 4) is 0 Å². The minimum atomic E-state index is -0.675. The Bertz CT molecular complexity index is 747. The fourth-order valence-corrected chi connectivity index (χ4v) is 2.25. The van der Waals surface area contributed by atoms with Crippen LogP contribution < -0.4 is 5.32 Å². The van der Waals surface area contributed by atoms with Crippen LogP contribution in [0.4, 0.5) is 5.82 Å². The Morgan fingerprint density at radius 1 is 1.26 bits per heavy atom. The molecule has 1 unspecified atom stereocenters. The lowest BCUT2D eigenvalue weighted by Gasteiger charge is -2.12. The average molecular weight is 351 g/mol. The Hall–Kier alpha value is -1.91. The predicted octanol–water partition coefficient (Wildman–Crippen LogP) is 4.23. The Morgan fingerprint density at radius 3 is 2.65 bits per heavy atom. The zero-order valence-electron chi connectivity index (χ0n) is 12.8. The molecule has 4 nitrogen and oxygen atoms in total. The lowest BCUT2D eigenvalue weighted by molar-refractivity contribution is -0.115. The molecular formula is C17H16Cl2N2O2. The number of aryl methyl sites for hydroxylation is 1. The van der Waals surface area contributed by atoms with E-state index in [-0.39, 0.29) is 17.5 Å². The van der Waals surface area contributed by atoms with Gasteiger partial charge in [-0.3, -0.25) is 9.59 Å². The standard InChI is InChI=1S/C17H16Cl2N2O2/c1-3-14(19)17(23)21-16-13(8-7-10(2)20-16)15(22)11-5-4-6-12(18)9-11/h4-9,14H,3H2,1-2H3,(H,20,21,23). The molecule has 1 N–H and O–H groups in total. The second-order valence-corrected chi connectivity index (χ2v) is 6.02. The Morgan fingerprint density at radius 2 is 2.00 bits per heavy atom. The monoisotopic (exact) mass is 350 g/mol. The molecule has 2 aromatic rings. The maximum atomic E-state index is 12.7. The maximum absolute atomic E-state index is 12.7. The van der Waals surface area contributed by atoms with Crippen molar-refractivity contribution in [1.29, 1.82) is 0 Å². The fraction of sp³-hybridized carbons (Fsp3) is 0.235. The van der Waals surface area contributed by atoms with Crippen molar-refractivity contribution in [2.24, 2.45) is 0 Å². The van der Waals surface area contributed by atoms with Crippen molar-refractivity contribution in [3.63, 3.8) is 0 Å². The summed E-state index contributed by atoms with van der Waals surface area (Å²) in [6, 6.07) is 9.97. The van der Waals surface area contributed by atoms with E-state index in [1.54, 1.807) is 50.2 Å². The van der Waals surface area contributed by atoms with E-state index < -0.39 is 5.38 Å². The van der Waals surface area contributed by atoms with Gasteiger partial charge >= 0.3 is 0 Å². The van der Waals surface area contributed by atoms with Gasteiger partial charge in [0.2, 0.25) is 5.91 Å². The van der Waals surface area contributed by atoms with Crippen LogP contribution in [0.25, 0.3) is 0 Å². The highest BCUT2D eigenvalue weighted by Gasteiger charge is 2.20. The minimum absolute atomic E-state index is 0.207. The first kappa shape index (κ1) is 17.4. The summed E-state index contributed by atoms with van der Waals surface area (Å²) in [4.78, 5) is 28.9. The molecule has 0 spiro atoms. The first-order valence-corrected chi connectivity index (χ1v) is 7.96. The van der Waals surface area contributed by atoms with Crippen molar-refractivity contribution < 1.29 is 9.59 Å². The van der Waals surface area contributed by atoms with Gasteiger partial charge in [0, 0.05) is 16.3 Å². The van der Waals surface area contributed by atoms with Crippen LogP contribution in [0.5, 0.6) is 0 Å². The second kappa shape index (κ2) is 7.57. The van der Waals surface area contributed by atoms with Gasteiger partial charge in [0.05, 0.1) is 5.56 Å². The Kier molecular flexibility index (Phi) is 5.74. The molecule has 0 aliphatic carbocycles. The number of halogens is 2. The number of nitrogens with zero attached hydrogens (tertiary/aromatic N) is 1. The lowest BCUT2D eigenvalue weighted by Crippen LogP contribution is -2.24. The number of carbonyl (C=O) groups is 2. The molecule has 0 aliphatic heterocycles. The fourth-order valence-electron chi connectivity index (χ4n) is 2.00. The molecule has 120 valence electrons. The number of pyridine rings is 1. The molecule has 6 heteroatoms. The smallest absolute Gasteiger partial charge is 0.243 e. The van der Waals surface area contributed by atoms with Crippen LogP contribution in [-0.2, 0) is 4.79 Å². The number of rotatable bonds is 5. The first-order valence-electron chi connectivity index (χ1n) is 7.15. The van der Waals surface area contributed by atoms with Crippen LogP contribution in [0.2, 0.25) is 5.02 Å². The molecule has 23 heavy (non-hydrogen) atoms. The molecule has 1 atom stereocenters. The van der Waals surface area contributed by atoms with E-state index in [0.717, 1.165) is 0 Å². The summed E-state index contributed by atoms with van der Waals surface area (Å²) in [7, 11) is 0. The zero-order valence-corrected chi connectivity index (χ0v) is 14.3. The van der Waals surface area contributed by atoms with E-state index in [2.05, 4.69) is 10.3 Å². The van der Waals surface area contributed by atoms with E-state index in [1.807, 2.05) is 0 Å². The molecule has 0 saturated carbocycles. The molecule has 0 fully saturated rings. The third-order valence-electron chi connectivity index (χ3n) is 3.25. The molecule has 0 radical (unpaired) electrons. The number of hydrogen-bond donors (Lipinski definition) is 1. The van der Waals surface area contributed by atoms with Crippen molar-refractivity contribution >= 4 is 40.7 Å². The lowest BCUT2D eigenvalue weighted by atomic mass is 10.0. The SMILES string of the molecule is CCC(Cl)C(=O)Nc1nc(C)ccc1C(=O)c1cccc(Cl)c1. The van der Waals surface area contributed by atoms with Gasteiger partial charge in [-0.15, -0.1) is 11.6 Å². The number of anilines is 1. The van der Waals surface area contributed by atoms with E-state index in [0.29, 0.717) is 28.3 Å². The second-order valence-electron chi connectivity index (χ2n) is 5.05. The van der Waals surface area contributed by atoms with Crippen molar-refractivity contribution in [2.75, 3.05) is 5.32 Å². The number of carbonyl (C=O) groups excluding carboxylic acids is 2. The molecule has 1 aromatic carbocycles. The summed E-state index contributed by atoms with van der Waals surface area (Å²) in [5.41, 5.74) is 1.41. The minimum Gasteiger partial charge on any atom is -0.309 e. The maximum Gasteiger partial charge on any atom is 0.243 e. The molecule has 0 aliphatic rings. The van der Waals surface area contributed by atoms with Gasteiger partial charge in [-0.25, -0.2) is 4.98 Å². The van der Waals surface area contributed by atoms with Gasteiger partial charge in [-0.2, -0.15) is 0 Å². The Balaban J connectivity index is 2.39. The topological polar surface area (TPSA) is 59.1 Å². The highest BCUT2D eigenvalue weighted by Crippen LogP contribution is 2.21. The van der Waals surface area contributed by atoms with Crippen molar-refractivity contribution in [2.45, 2.75) is 25.6 Å². The summed E-state index contributed by atoms with van der Waals surface area (Å²) in [6.07, 6.45) is 0.483. The number of nitrogens with one attached hydrogen (secondary N) is 1. The largest absolute Gasteiger partial charge is 0.309 e. The average Bonchev–Trinajstić information content (AvgIpc) is 2.53. The number of alkyl halides is 1. The van der Waals surface area contributed by atoms with Gasteiger partial charge in [0.15, 0.2) is 5.78 Å². The van der Waals surface area contributed by atoms with Crippen molar-refractivity contribution in [1.82, 2.24) is 4.98 Å². The summed E-state index contributed by atoms with van der Waals surface area (Å²) >= 11 is 11.9. The molecule has 1 amide bonds. The van der Waals surface area contributed by atoms with Crippen LogP contribution in [0.1, 0.15) is 35.0 Å². The molecule has 1 heterocycles. The van der Waals surface area contributed by atoms with Gasteiger partial charge < -0.3 is 5.32 Å². The third-order valence-corrected chi connectivity index (χ3v) is 3.99. The Labute approximate surface area is 144 Å². The third kappa shape index (κ3) is 4.30. The van der Waals surface area contributed by atoms with Crippen LogP contribution in [-0.4, -0.2) is 22.1 Å². The highest BCUT2D eigenvalue weighted by atomic mass is 35.5. The molecule has 0 bridgehead atoms. The van der Waals surface area contributed by atoms with Crippen LogP contribution in [0.3, 0.4) is 0 Å². The van der Waals surface area contributed by atoms with Gasteiger partial charge in [0.1, 0.15) is 11.2 Å². The zero-order chi connectivity index (χ0) is 17.0. The number of ketones is 1. The van der Waals surface area contributed by atoms with Gasteiger partial charge in [-0.1, -0.05) is 30.7 Å². The molecule has 0 saturated heterocycles. The van der Waals surface area contributed by atoms with Crippen molar-refractivity contribution in [3.05, 3.63) is 58.2 Å². The van der Waals surface area contributed by atoms with E-state index in [1.165, 1.54) is 0 Å². The normalized spacial score (nSPS) is 11.8. The van der Waals surface area contributed by atoms with Crippen LogP contribution >= 0.6 is 23.2 Å². The summed E-state index contributed by atoms with van der Waals surface area (Å²) in [5, 5.41) is 2.42. The first-order chi connectivity index (χ1) is 10.9. The molecule has 1 aromatic heterocycles. The van der Waals surface area contributed by atoms with Gasteiger partial charge in [-0.05, 0) is 37.6 Å². The molecule has 2 rings (SSSR count). The van der Waals surface area contributed by atoms with Crippen LogP contribution in [0.15, 0.2) is 36.4 Å². The van der Waals surface area contributed by atoms with E-state index in [4.69, 9.17) is 23.2 Å². The van der Waals surface area contributed by atoms with Crippen LogP contribution in [0, 0.1) is 6.92 Å². The molecular weight excluding hydrogens is 335 g/mol. The number of benzene rings is 1. The predicted molar refractivity (Wildman–Crippen MR) is 92.4 cm³/mol. The summed E-state index contributed by atoms with van der Waals surface area (Å²) < 4.78 is 0. The quantitative estimate of drug-likeness (QED) is 0.648. The summed E-state index contributed by atoms with van der Waals surface area (Å²) in [5.74, 6) is -0.440. The highest BCUT2D eigenvalue weighted by molar-refractivity contribution is 6.33. The van der Waals surface area contributed by atoms with E-state index in [9.17, 15) is 9.59 Å². The number of hydrogen-bond acceptors (Lipinski definition) is 3. The van der Waals surface area contributed by atoms with E-state index >= 15 is 0 Å². The summed E-state index contributed by atoms with van der Waals surface area (Å²) in [6.45, 7) is 3.58. The van der Waals surface area contributed by atoms with Gasteiger partial charge in [0.25, 0.3) is 0 Å².